The van der Waals surface area contributed by atoms with E-state index < -0.39 is 12.1 Å². The molecule has 0 aliphatic rings. The fourth-order valence-corrected chi connectivity index (χ4v) is 2.77. The lowest BCUT2D eigenvalue weighted by atomic mass is 10.2. The molecule has 3 rings (SSSR count). The third kappa shape index (κ3) is 3.88. The van der Waals surface area contributed by atoms with E-state index in [0.717, 1.165) is 10.5 Å². The number of rotatable bonds is 6. The number of hydrogen-bond donors (Lipinski definition) is 0. The molecular weight excluding hydrogens is 352 g/mol. The van der Waals surface area contributed by atoms with Crippen LogP contribution in [0.3, 0.4) is 0 Å². The van der Waals surface area contributed by atoms with E-state index in [1.807, 2.05) is 42.7 Å². The van der Waals surface area contributed by atoms with Gasteiger partial charge in [0.15, 0.2) is 6.10 Å². The Morgan fingerprint density at radius 2 is 1.92 bits per heavy atom. The highest BCUT2D eigenvalue weighted by Crippen LogP contribution is 2.28. The molecule has 26 heavy (non-hydrogen) atoms. The predicted octanol–water partition coefficient (Wildman–Crippen LogP) is 4.39. The van der Waals surface area contributed by atoms with Crippen LogP contribution in [0.25, 0.3) is 11.5 Å². The molecule has 0 aliphatic heterocycles. The van der Waals surface area contributed by atoms with Gasteiger partial charge in [0.2, 0.25) is 5.89 Å². The van der Waals surface area contributed by atoms with E-state index in [1.54, 1.807) is 30.8 Å². The summed E-state index contributed by atoms with van der Waals surface area (Å²) in [6.45, 7) is 1.68. The Kier molecular flexibility index (Phi) is 5.58. The molecule has 0 radical (unpaired) electrons. The molecular formula is C19H18N2O4S. The second-order valence-corrected chi connectivity index (χ2v) is 6.30. The van der Waals surface area contributed by atoms with Crippen LogP contribution >= 0.6 is 11.8 Å². The van der Waals surface area contributed by atoms with Gasteiger partial charge in [-0.1, -0.05) is 18.2 Å². The van der Waals surface area contributed by atoms with Crippen molar-refractivity contribution in [2.75, 3.05) is 13.4 Å². The molecule has 0 fully saturated rings. The van der Waals surface area contributed by atoms with E-state index in [-0.39, 0.29) is 5.89 Å². The minimum atomic E-state index is -0.683. The van der Waals surface area contributed by atoms with Gasteiger partial charge in [0.25, 0.3) is 5.89 Å². The first-order valence-corrected chi connectivity index (χ1v) is 9.16. The highest BCUT2D eigenvalue weighted by Gasteiger charge is 2.22. The molecule has 0 bridgehead atoms. The van der Waals surface area contributed by atoms with E-state index in [2.05, 4.69) is 10.2 Å². The molecule has 6 nitrogen and oxygen atoms in total. The summed E-state index contributed by atoms with van der Waals surface area (Å²) in [5, 5.41) is 7.99. The van der Waals surface area contributed by atoms with Crippen LogP contribution in [0.1, 0.15) is 29.3 Å². The Bertz CT molecular complexity index is 896. The number of carbonyl (C=O) groups is 1. The lowest BCUT2D eigenvalue weighted by Gasteiger charge is -2.12. The lowest BCUT2D eigenvalue weighted by Crippen LogP contribution is -2.11. The highest BCUT2D eigenvalue weighted by atomic mass is 32.2. The van der Waals surface area contributed by atoms with Gasteiger partial charge in [-0.2, -0.15) is 0 Å². The Morgan fingerprint density at radius 3 is 2.62 bits per heavy atom. The monoisotopic (exact) mass is 370 g/mol. The fourth-order valence-electron chi connectivity index (χ4n) is 2.34. The van der Waals surface area contributed by atoms with Crippen LogP contribution in [0.15, 0.2) is 57.8 Å². The minimum Gasteiger partial charge on any atom is -0.496 e. The van der Waals surface area contributed by atoms with Crippen molar-refractivity contribution in [2.24, 2.45) is 0 Å². The van der Waals surface area contributed by atoms with Gasteiger partial charge in [0.1, 0.15) is 11.3 Å². The Labute approximate surface area is 155 Å². The van der Waals surface area contributed by atoms with Crippen molar-refractivity contribution in [1.29, 1.82) is 0 Å². The molecule has 0 unspecified atom stereocenters. The van der Waals surface area contributed by atoms with Crippen LogP contribution in [0.4, 0.5) is 0 Å². The first-order valence-electron chi connectivity index (χ1n) is 7.94. The summed E-state index contributed by atoms with van der Waals surface area (Å²) in [7, 11) is 1.52. The number of hydrogen-bond acceptors (Lipinski definition) is 7. The zero-order valence-electron chi connectivity index (χ0n) is 14.6. The van der Waals surface area contributed by atoms with E-state index in [9.17, 15) is 4.79 Å². The first kappa shape index (κ1) is 18.0. The number of benzene rings is 2. The number of carbonyl (C=O) groups excluding carboxylic acids is 1. The van der Waals surface area contributed by atoms with Gasteiger partial charge in [0, 0.05) is 10.5 Å². The maximum Gasteiger partial charge on any atom is 0.342 e. The summed E-state index contributed by atoms with van der Waals surface area (Å²) in [5.74, 6) is 0.563. The summed E-state index contributed by atoms with van der Waals surface area (Å²) >= 11 is 1.56. The number of ether oxygens (including phenoxy) is 2. The number of methoxy groups -OCH3 is 1. The molecule has 0 aliphatic carbocycles. The second-order valence-electron chi connectivity index (χ2n) is 5.43. The van der Waals surface area contributed by atoms with Crippen molar-refractivity contribution in [3.05, 3.63) is 60.0 Å². The molecule has 0 N–H and O–H groups in total. The summed E-state index contributed by atoms with van der Waals surface area (Å²) in [4.78, 5) is 13.5. The molecule has 0 amide bonds. The van der Waals surface area contributed by atoms with Gasteiger partial charge >= 0.3 is 5.97 Å². The molecule has 1 heterocycles. The van der Waals surface area contributed by atoms with E-state index in [1.165, 1.54) is 7.11 Å². The van der Waals surface area contributed by atoms with E-state index >= 15 is 0 Å². The van der Waals surface area contributed by atoms with Gasteiger partial charge in [-0.25, -0.2) is 4.79 Å². The number of thioether (sulfide) groups is 1. The van der Waals surface area contributed by atoms with Crippen LogP contribution < -0.4 is 4.74 Å². The fraction of sp³-hybridized carbons (Fsp3) is 0.211. The summed E-state index contributed by atoms with van der Waals surface area (Å²) < 4.78 is 16.4. The molecule has 2 aromatic carbocycles. The third-order valence-electron chi connectivity index (χ3n) is 3.72. The average Bonchev–Trinajstić information content (AvgIpc) is 3.18. The Morgan fingerprint density at radius 1 is 1.15 bits per heavy atom. The van der Waals surface area contributed by atoms with Crippen molar-refractivity contribution in [3.63, 3.8) is 0 Å². The summed E-state index contributed by atoms with van der Waals surface area (Å²) in [6.07, 6.45) is 1.27. The Balaban J connectivity index is 1.75. The number of esters is 1. The van der Waals surface area contributed by atoms with Crippen LogP contribution in [-0.2, 0) is 4.74 Å². The third-order valence-corrected chi connectivity index (χ3v) is 4.45. The Hall–Kier alpha value is -2.80. The summed E-state index contributed by atoms with van der Waals surface area (Å²) in [5.41, 5.74) is 1.15. The highest BCUT2D eigenvalue weighted by molar-refractivity contribution is 7.98. The maximum atomic E-state index is 12.5. The first-order chi connectivity index (χ1) is 12.6. The molecule has 1 aromatic heterocycles. The van der Waals surface area contributed by atoms with Crippen molar-refractivity contribution in [3.8, 4) is 17.2 Å². The molecule has 0 saturated carbocycles. The lowest BCUT2D eigenvalue weighted by molar-refractivity contribution is 0.0276. The smallest absolute Gasteiger partial charge is 0.342 e. The van der Waals surface area contributed by atoms with E-state index in [4.69, 9.17) is 13.9 Å². The SMILES string of the molecule is COc1cc(SC)ccc1C(=O)O[C@@H](C)c1nnc(-c2ccccc2)o1. The summed E-state index contributed by atoms with van der Waals surface area (Å²) in [6, 6.07) is 14.7. The standard InChI is InChI=1S/C19H18N2O4S/c1-12(17-20-21-18(25-17)13-7-5-4-6-8-13)24-19(22)15-10-9-14(26-3)11-16(15)23-2/h4-12H,1-3H3/t12-/m0/s1. The van der Waals surface area contributed by atoms with Crippen molar-refractivity contribution in [1.82, 2.24) is 10.2 Å². The normalized spacial score (nSPS) is 11.8. The average molecular weight is 370 g/mol. The van der Waals surface area contributed by atoms with Gasteiger partial charge < -0.3 is 13.9 Å². The second kappa shape index (κ2) is 8.05. The molecule has 7 heteroatoms. The van der Waals surface area contributed by atoms with Crippen molar-refractivity contribution < 1.29 is 18.7 Å². The largest absolute Gasteiger partial charge is 0.496 e. The quantitative estimate of drug-likeness (QED) is 0.471. The number of nitrogens with zero attached hydrogens (tertiary/aromatic N) is 2. The molecule has 0 spiro atoms. The van der Waals surface area contributed by atoms with Gasteiger partial charge in [0.05, 0.1) is 7.11 Å². The topological polar surface area (TPSA) is 74.5 Å². The predicted molar refractivity (Wildman–Crippen MR) is 98.3 cm³/mol. The van der Waals surface area contributed by atoms with Crippen LogP contribution in [0, 0.1) is 0 Å². The van der Waals surface area contributed by atoms with Crippen molar-refractivity contribution in [2.45, 2.75) is 17.9 Å². The zero-order chi connectivity index (χ0) is 18.5. The van der Waals surface area contributed by atoms with E-state index in [0.29, 0.717) is 17.2 Å². The van der Waals surface area contributed by atoms with Crippen LogP contribution in [-0.4, -0.2) is 29.5 Å². The maximum absolute atomic E-state index is 12.5. The minimum absolute atomic E-state index is 0.233. The van der Waals surface area contributed by atoms with Gasteiger partial charge in [-0.05, 0) is 43.5 Å². The van der Waals surface area contributed by atoms with Gasteiger partial charge in [-0.3, -0.25) is 0 Å². The number of aromatic nitrogens is 2. The zero-order valence-corrected chi connectivity index (χ0v) is 15.4. The van der Waals surface area contributed by atoms with Crippen molar-refractivity contribution >= 4 is 17.7 Å². The molecule has 0 saturated heterocycles. The van der Waals surface area contributed by atoms with Gasteiger partial charge in [-0.15, -0.1) is 22.0 Å². The molecule has 1 atom stereocenters. The molecule has 134 valence electrons. The van der Waals surface area contributed by atoms with Crippen LogP contribution in [0.5, 0.6) is 5.75 Å². The van der Waals surface area contributed by atoms with Crippen LogP contribution in [0.2, 0.25) is 0 Å². The molecule has 3 aromatic rings.